The van der Waals surface area contributed by atoms with Gasteiger partial charge in [0.05, 0.1) is 0 Å². The number of carbonyl (C=O) groups excluding carboxylic acids is 2. The van der Waals surface area contributed by atoms with Crippen molar-refractivity contribution in [1.82, 2.24) is 9.80 Å². The Bertz CT molecular complexity index is 760. The lowest BCUT2D eigenvalue weighted by molar-refractivity contribution is -0.139. The molecule has 1 saturated heterocycles. The molecule has 1 amide bonds. The minimum Gasteiger partial charge on any atom is -0.481 e. The van der Waals surface area contributed by atoms with Gasteiger partial charge in [0.2, 0.25) is 0 Å². The molecule has 0 saturated carbocycles. The highest BCUT2D eigenvalue weighted by molar-refractivity contribution is 6.01. The van der Waals surface area contributed by atoms with Crippen molar-refractivity contribution in [2.75, 3.05) is 20.1 Å². The second-order valence-corrected chi connectivity index (χ2v) is 8.05. The molecular formula is C21H27FN2O3. The normalized spacial score (nSPS) is 22.7. The van der Waals surface area contributed by atoms with Gasteiger partial charge in [-0.1, -0.05) is 18.2 Å². The molecule has 0 bridgehead atoms. The van der Waals surface area contributed by atoms with E-state index >= 15 is 0 Å². The fraction of sp³-hybridized carbons (Fsp3) is 0.524. The Kier molecular flexibility index (Phi) is 5.65. The number of ether oxygens (including phenoxy) is 1. The van der Waals surface area contributed by atoms with Crippen LogP contribution in [0.2, 0.25) is 0 Å². The number of likely N-dealkylation sites (N-methyl/N-ethyl adjacent to an activating group) is 1. The molecule has 2 heterocycles. The van der Waals surface area contributed by atoms with Crippen LogP contribution >= 0.6 is 0 Å². The molecule has 0 unspecified atom stereocenters. The number of halogens is 1. The summed E-state index contributed by atoms with van der Waals surface area (Å²) in [7, 11) is 1.75. The standard InChI is InChI=1S/C21H27FN2O3/c1-21(2)12-17(25)11-19(27-21)20(26)23(3)16-8-6-10-24(14-16)13-15-7-4-5-9-18(15)22/h4-5,7,9,11,16H,6,8,10,12-14H2,1-3H3/t16-/m1/s1. The second kappa shape index (κ2) is 7.80. The second-order valence-electron chi connectivity index (χ2n) is 8.05. The maximum Gasteiger partial charge on any atom is 0.289 e. The van der Waals surface area contributed by atoms with Gasteiger partial charge in [0.1, 0.15) is 11.4 Å². The molecule has 1 atom stereocenters. The summed E-state index contributed by atoms with van der Waals surface area (Å²) < 4.78 is 19.7. The first-order chi connectivity index (χ1) is 12.7. The van der Waals surface area contributed by atoms with E-state index in [1.165, 1.54) is 12.1 Å². The number of benzene rings is 1. The minimum atomic E-state index is -0.666. The van der Waals surface area contributed by atoms with E-state index in [9.17, 15) is 14.0 Å². The van der Waals surface area contributed by atoms with Gasteiger partial charge in [-0.25, -0.2) is 4.39 Å². The van der Waals surface area contributed by atoms with Crippen LogP contribution in [0.4, 0.5) is 4.39 Å². The summed E-state index contributed by atoms with van der Waals surface area (Å²) in [6.45, 7) is 5.68. The van der Waals surface area contributed by atoms with Gasteiger partial charge in [-0.15, -0.1) is 0 Å². The van der Waals surface area contributed by atoms with Gasteiger partial charge >= 0.3 is 0 Å². The number of ketones is 1. The number of hydrogen-bond acceptors (Lipinski definition) is 4. The van der Waals surface area contributed by atoms with Crippen LogP contribution in [0.5, 0.6) is 0 Å². The molecule has 2 aliphatic heterocycles. The molecule has 0 N–H and O–H groups in total. The molecule has 6 heteroatoms. The van der Waals surface area contributed by atoms with Crippen molar-refractivity contribution < 1.29 is 18.7 Å². The van der Waals surface area contributed by atoms with Gasteiger partial charge in [-0.2, -0.15) is 0 Å². The highest BCUT2D eigenvalue weighted by Gasteiger charge is 2.35. The Hall–Kier alpha value is -2.21. The lowest BCUT2D eigenvalue weighted by atomic mass is 9.98. The third kappa shape index (κ3) is 4.75. The lowest BCUT2D eigenvalue weighted by Crippen LogP contribution is -2.49. The Morgan fingerprint density at radius 2 is 2.11 bits per heavy atom. The van der Waals surface area contributed by atoms with Crippen LogP contribution in [-0.2, 0) is 20.9 Å². The quantitative estimate of drug-likeness (QED) is 0.813. The topological polar surface area (TPSA) is 49.9 Å². The van der Waals surface area contributed by atoms with Crippen LogP contribution in [0.25, 0.3) is 0 Å². The van der Waals surface area contributed by atoms with E-state index in [0.717, 1.165) is 19.4 Å². The smallest absolute Gasteiger partial charge is 0.289 e. The molecule has 1 aromatic carbocycles. The van der Waals surface area contributed by atoms with E-state index in [2.05, 4.69) is 4.90 Å². The summed E-state index contributed by atoms with van der Waals surface area (Å²) in [6, 6.07) is 6.79. The zero-order valence-corrected chi connectivity index (χ0v) is 16.2. The summed E-state index contributed by atoms with van der Waals surface area (Å²) in [6.07, 6.45) is 3.39. The summed E-state index contributed by atoms with van der Waals surface area (Å²) in [4.78, 5) is 28.6. The first-order valence-corrected chi connectivity index (χ1v) is 9.42. The van der Waals surface area contributed by atoms with Gasteiger partial charge in [0.25, 0.3) is 5.91 Å². The molecule has 1 fully saturated rings. The molecule has 0 radical (unpaired) electrons. The van der Waals surface area contributed by atoms with Gasteiger partial charge in [0, 0.05) is 44.2 Å². The fourth-order valence-electron chi connectivity index (χ4n) is 3.78. The van der Waals surface area contributed by atoms with E-state index < -0.39 is 5.60 Å². The number of rotatable bonds is 4. The third-order valence-electron chi connectivity index (χ3n) is 5.19. The van der Waals surface area contributed by atoms with E-state index in [4.69, 9.17) is 4.74 Å². The van der Waals surface area contributed by atoms with Gasteiger partial charge < -0.3 is 9.64 Å². The molecule has 0 spiro atoms. The molecular weight excluding hydrogens is 347 g/mol. The zero-order valence-electron chi connectivity index (χ0n) is 16.2. The average Bonchev–Trinajstić information content (AvgIpc) is 2.61. The molecule has 27 heavy (non-hydrogen) atoms. The fourth-order valence-corrected chi connectivity index (χ4v) is 3.78. The van der Waals surface area contributed by atoms with Crippen LogP contribution in [0.1, 0.15) is 38.7 Å². The van der Waals surface area contributed by atoms with Crippen molar-refractivity contribution in [2.45, 2.75) is 51.3 Å². The highest BCUT2D eigenvalue weighted by atomic mass is 19.1. The van der Waals surface area contributed by atoms with Crippen LogP contribution in [0, 0.1) is 5.82 Å². The highest BCUT2D eigenvalue weighted by Crippen LogP contribution is 2.27. The van der Waals surface area contributed by atoms with E-state index in [1.54, 1.807) is 24.1 Å². The van der Waals surface area contributed by atoms with Crippen molar-refractivity contribution in [1.29, 1.82) is 0 Å². The van der Waals surface area contributed by atoms with Gasteiger partial charge in [-0.05, 0) is 39.3 Å². The van der Waals surface area contributed by atoms with Crippen molar-refractivity contribution in [2.24, 2.45) is 0 Å². The van der Waals surface area contributed by atoms with Crippen LogP contribution in [0.15, 0.2) is 36.1 Å². The predicted molar refractivity (Wildman–Crippen MR) is 100 cm³/mol. The Morgan fingerprint density at radius 1 is 1.37 bits per heavy atom. The van der Waals surface area contributed by atoms with Crippen LogP contribution in [0.3, 0.4) is 0 Å². The largest absolute Gasteiger partial charge is 0.481 e. The lowest BCUT2D eigenvalue weighted by Gasteiger charge is -2.39. The van der Waals surface area contributed by atoms with Gasteiger partial charge in [-0.3, -0.25) is 14.5 Å². The van der Waals surface area contributed by atoms with Crippen molar-refractivity contribution in [3.8, 4) is 0 Å². The minimum absolute atomic E-state index is 0.00247. The van der Waals surface area contributed by atoms with Crippen molar-refractivity contribution in [3.05, 3.63) is 47.5 Å². The number of carbonyl (C=O) groups is 2. The number of piperidine rings is 1. The van der Waals surface area contributed by atoms with Crippen LogP contribution < -0.4 is 0 Å². The molecule has 3 rings (SSSR count). The summed E-state index contributed by atoms with van der Waals surface area (Å²) in [5.74, 6) is -0.447. The number of likely N-dealkylation sites (tertiary alicyclic amines) is 1. The van der Waals surface area contributed by atoms with E-state index in [1.807, 2.05) is 19.9 Å². The number of amides is 1. The third-order valence-corrected chi connectivity index (χ3v) is 5.19. The summed E-state index contributed by atoms with van der Waals surface area (Å²) >= 11 is 0. The van der Waals surface area contributed by atoms with E-state index in [0.29, 0.717) is 18.7 Å². The Morgan fingerprint density at radius 3 is 2.81 bits per heavy atom. The maximum atomic E-state index is 13.9. The predicted octanol–water partition coefficient (Wildman–Crippen LogP) is 2.90. The van der Waals surface area contributed by atoms with Gasteiger partial charge in [0.15, 0.2) is 11.5 Å². The molecule has 0 aromatic heterocycles. The average molecular weight is 374 g/mol. The van der Waals surface area contributed by atoms with E-state index in [-0.39, 0.29) is 35.7 Å². The van der Waals surface area contributed by atoms with Crippen molar-refractivity contribution in [3.63, 3.8) is 0 Å². The molecule has 1 aromatic rings. The number of hydrogen-bond donors (Lipinski definition) is 0. The molecule has 146 valence electrons. The van der Waals surface area contributed by atoms with Crippen molar-refractivity contribution >= 4 is 11.7 Å². The number of allylic oxidation sites excluding steroid dienone is 1. The Labute approximate surface area is 159 Å². The first-order valence-electron chi connectivity index (χ1n) is 9.42. The molecule has 2 aliphatic rings. The molecule has 5 nitrogen and oxygen atoms in total. The zero-order chi connectivity index (χ0) is 19.6. The van der Waals surface area contributed by atoms with Crippen LogP contribution in [-0.4, -0.2) is 53.3 Å². The first kappa shape index (κ1) is 19.5. The number of nitrogens with zero attached hydrogens (tertiary/aromatic N) is 2. The summed E-state index contributed by atoms with van der Waals surface area (Å²) in [5.41, 5.74) is -0.000945. The Balaban J connectivity index is 1.66. The monoisotopic (exact) mass is 374 g/mol. The summed E-state index contributed by atoms with van der Waals surface area (Å²) in [5, 5.41) is 0. The SMILES string of the molecule is CN(C(=O)C1=CC(=O)CC(C)(C)O1)[C@@H]1CCCN(Cc2ccccc2F)C1. The maximum absolute atomic E-state index is 13.9. The molecule has 0 aliphatic carbocycles.